The minimum absolute atomic E-state index is 0.123. The SMILES string of the molecule is COc1ccc(CNC(=O)[C@H]2CCCN2C(=O)Nc2ccc(C)cc2)cc1. The van der Waals surface area contributed by atoms with Crippen LogP contribution in [0.1, 0.15) is 24.0 Å². The number of methoxy groups -OCH3 is 1. The molecule has 6 heteroatoms. The number of carbonyl (C=O) groups is 2. The van der Waals surface area contributed by atoms with Crippen molar-refractivity contribution >= 4 is 17.6 Å². The predicted molar refractivity (Wildman–Crippen MR) is 105 cm³/mol. The van der Waals surface area contributed by atoms with Crippen LogP contribution < -0.4 is 15.4 Å². The van der Waals surface area contributed by atoms with Gasteiger partial charge in [-0.2, -0.15) is 0 Å². The lowest BCUT2D eigenvalue weighted by molar-refractivity contribution is -0.124. The Morgan fingerprint density at radius 1 is 1.11 bits per heavy atom. The van der Waals surface area contributed by atoms with E-state index < -0.39 is 6.04 Å². The van der Waals surface area contributed by atoms with Gasteiger partial charge < -0.3 is 20.3 Å². The highest BCUT2D eigenvalue weighted by Crippen LogP contribution is 2.20. The van der Waals surface area contributed by atoms with Gasteiger partial charge in [0.05, 0.1) is 7.11 Å². The fourth-order valence-corrected chi connectivity index (χ4v) is 3.16. The summed E-state index contributed by atoms with van der Waals surface area (Å²) >= 11 is 0. The van der Waals surface area contributed by atoms with Crippen LogP contribution in [0, 0.1) is 6.92 Å². The van der Waals surface area contributed by atoms with Crippen LogP contribution >= 0.6 is 0 Å². The van der Waals surface area contributed by atoms with Crippen LogP contribution in [0.15, 0.2) is 48.5 Å². The number of likely N-dealkylation sites (tertiary alicyclic amines) is 1. The van der Waals surface area contributed by atoms with Gasteiger partial charge in [0.25, 0.3) is 0 Å². The van der Waals surface area contributed by atoms with E-state index in [0.717, 1.165) is 29.0 Å². The fourth-order valence-electron chi connectivity index (χ4n) is 3.16. The van der Waals surface area contributed by atoms with E-state index >= 15 is 0 Å². The first-order chi connectivity index (χ1) is 13.1. The molecular weight excluding hydrogens is 342 g/mol. The molecule has 142 valence electrons. The molecule has 2 N–H and O–H groups in total. The average Bonchev–Trinajstić information content (AvgIpc) is 3.18. The number of hydrogen-bond donors (Lipinski definition) is 2. The molecule has 1 fully saturated rings. The third-order valence-corrected chi connectivity index (χ3v) is 4.74. The monoisotopic (exact) mass is 367 g/mol. The third-order valence-electron chi connectivity index (χ3n) is 4.74. The predicted octanol–water partition coefficient (Wildman–Crippen LogP) is 3.32. The number of amides is 3. The first-order valence-electron chi connectivity index (χ1n) is 9.12. The molecule has 1 heterocycles. The smallest absolute Gasteiger partial charge is 0.322 e. The number of hydrogen-bond acceptors (Lipinski definition) is 3. The van der Waals surface area contributed by atoms with Crippen molar-refractivity contribution in [2.75, 3.05) is 19.0 Å². The number of anilines is 1. The van der Waals surface area contributed by atoms with E-state index in [1.165, 1.54) is 0 Å². The lowest BCUT2D eigenvalue weighted by Crippen LogP contribution is -2.47. The van der Waals surface area contributed by atoms with Crippen molar-refractivity contribution < 1.29 is 14.3 Å². The summed E-state index contributed by atoms with van der Waals surface area (Å²) in [5, 5.41) is 5.81. The van der Waals surface area contributed by atoms with Gasteiger partial charge in [-0.3, -0.25) is 4.79 Å². The van der Waals surface area contributed by atoms with E-state index in [9.17, 15) is 9.59 Å². The molecule has 0 aromatic heterocycles. The van der Waals surface area contributed by atoms with Gasteiger partial charge in [0.1, 0.15) is 11.8 Å². The number of rotatable bonds is 5. The molecule has 2 aromatic carbocycles. The van der Waals surface area contributed by atoms with Crippen LogP contribution in [0.4, 0.5) is 10.5 Å². The third kappa shape index (κ3) is 4.78. The molecule has 6 nitrogen and oxygen atoms in total. The molecule has 0 aliphatic carbocycles. The van der Waals surface area contributed by atoms with Gasteiger partial charge >= 0.3 is 6.03 Å². The van der Waals surface area contributed by atoms with Crippen LogP contribution in [-0.2, 0) is 11.3 Å². The second-order valence-corrected chi connectivity index (χ2v) is 6.71. The maximum absolute atomic E-state index is 12.6. The van der Waals surface area contributed by atoms with Gasteiger partial charge in [-0.1, -0.05) is 29.8 Å². The van der Waals surface area contributed by atoms with Gasteiger partial charge in [-0.05, 0) is 49.6 Å². The van der Waals surface area contributed by atoms with Gasteiger partial charge in [-0.25, -0.2) is 4.79 Å². The zero-order chi connectivity index (χ0) is 19.2. The first-order valence-corrected chi connectivity index (χ1v) is 9.12. The van der Waals surface area contributed by atoms with Crippen LogP contribution in [-0.4, -0.2) is 36.5 Å². The van der Waals surface area contributed by atoms with E-state index in [0.29, 0.717) is 19.5 Å². The normalized spacial score (nSPS) is 16.1. The molecule has 0 radical (unpaired) electrons. The van der Waals surface area contributed by atoms with E-state index in [4.69, 9.17) is 4.74 Å². The summed E-state index contributed by atoms with van der Waals surface area (Å²) in [6, 6.07) is 14.5. The Morgan fingerprint density at radius 3 is 2.48 bits per heavy atom. The lowest BCUT2D eigenvalue weighted by atomic mass is 10.2. The molecule has 0 spiro atoms. The number of nitrogens with zero attached hydrogens (tertiary/aromatic N) is 1. The number of aryl methyl sites for hydroxylation is 1. The van der Waals surface area contributed by atoms with Crippen LogP contribution in [0.3, 0.4) is 0 Å². The maximum Gasteiger partial charge on any atom is 0.322 e. The number of urea groups is 1. The summed E-state index contributed by atoms with van der Waals surface area (Å²) < 4.78 is 5.13. The molecule has 0 saturated carbocycles. The summed E-state index contributed by atoms with van der Waals surface area (Å²) in [5.41, 5.74) is 2.85. The van der Waals surface area contributed by atoms with Crippen molar-refractivity contribution in [3.63, 3.8) is 0 Å². The molecule has 1 atom stereocenters. The van der Waals surface area contributed by atoms with Gasteiger partial charge in [-0.15, -0.1) is 0 Å². The molecule has 0 bridgehead atoms. The van der Waals surface area contributed by atoms with E-state index in [1.54, 1.807) is 12.0 Å². The highest BCUT2D eigenvalue weighted by Gasteiger charge is 2.34. The largest absolute Gasteiger partial charge is 0.497 e. The van der Waals surface area contributed by atoms with Crippen LogP contribution in [0.25, 0.3) is 0 Å². The molecule has 1 saturated heterocycles. The number of nitrogens with one attached hydrogen (secondary N) is 2. The van der Waals surface area contributed by atoms with Gasteiger partial charge in [0.2, 0.25) is 5.91 Å². The van der Waals surface area contributed by atoms with E-state index in [1.807, 2.05) is 55.5 Å². The quantitative estimate of drug-likeness (QED) is 0.852. The van der Waals surface area contributed by atoms with Crippen molar-refractivity contribution in [1.82, 2.24) is 10.2 Å². The Balaban J connectivity index is 1.56. The van der Waals surface area contributed by atoms with Crippen molar-refractivity contribution in [3.8, 4) is 5.75 Å². The van der Waals surface area contributed by atoms with Crippen molar-refractivity contribution in [1.29, 1.82) is 0 Å². The van der Waals surface area contributed by atoms with Crippen molar-refractivity contribution in [2.45, 2.75) is 32.4 Å². The molecule has 3 amide bonds. The highest BCUT2D eigenvalue weighted by atomic mass is 16.5. The second kappa shape index (κ2) is 8.58. The second-order valence-electron chi connectivity index (χ2n) is 6.71. The zero-order valence-electron chi connectivity index (χ0n) is 15.7. The summed E-state index contributed by atoms with van der Waals surface area (Å²) in [6.45, 7) is 3.00. The fraction of sp³-hybridized carbons (Fsp3) is 0.333. The molecule has 1 aliphatic rings. The number of ether oxygens (including phenoxy) is 1. The summed E-state index contributed by atoms with van der Waals surface area (Å²) in [5.74, 6) is 0.655. The first kappa shape index (κ1) is 18.8. The minimum Gasteiger partial charge on any atom is -0.497 e. The van der Waals surface area contributed by atoms with Gasteiger partial charge in [0, 0.05) is 18.8 Å². The molecular formula is C21H25N3O3. The number of benzene rings is 2. The molecule has 0 unspecified atom stereocenters. The Bertz CT molecular complexity index is 787. The van der Waals surface area contributed by atoms with Crippen LogP contribution in [0.2, 0.25) is 0 Å². The number of carbonyl (C=O) groups excluding carboxylic acids is 2. The maximum atomic E-state index is 12.6. The highest BCUT2D eigenvalue weighted by molar-refractivity contribution is 5.94. The van der Waals surface area contributed by atoms with E-state index in [2.05, 4.69) is 10.6 Å². The molecule has 1 aliphatic heterocycles. The molecule has 3 rings (SSSR count). The molecule has 2 aromatic rings. The lowest BCUT2D eigenvalue weighted by Gasteiger charge is -2.24. The standard InChI is InChI=1S/C21H25N3O3/c1-15-5-9-17(10-6-15)23-21(26)24-13-3-4-19(24)20(25)22-14-16-7-11-18(27-2)12-8-16/h5-12,19H,3-4,13-14H2,1-2H3,(H,22,25)(H,23,26)/t19-/m1/s1. The Labute approximate surface area is 159 Å². The van der Waals surface area contributed by atoms with Crippen molar-refractivity contribution in [3.05, 3.63) is 59.7 Å². The minimum atomic E-state index is -0.436. The van der Waals surface area contributed by atoms with Gasteiger partial charge in [0.15, 0.2) is 0 Å². The van der Waals surface area contributed by atoms with E-state index in [-0.39, 0.29) is 11.9 Å². The van der Waals surface area contributed by atoms with Crippen molar-refractivity contribution in [2.24, 2.45) is 0 Å². The summed E-state index contributed by atoms with van der Waals surface area (Å²) in [4.78, 5) is 26.8. The summed E-state index contributed by atoms with van der Waals surface area (Å²) in [6.07, 6.45) is 1.50. The average molecular weight is 367 g/mol. The Kier molecular flexibility index (Phi) is 5.96. The summed E-state index contributed by atoms with van der Waals surface area (Å²) in [7, 11) is 1.62. The Hall–Kier alpha value is -3.02. The topological polar surface area (TPSA) is 70.7 Å². The Morgan fingerprint density at radius 2 is 1.81 bits per heavy atom. The van der Waals surface area contributed by atoms with Crippen LogP contribution in [0.5, 0.6) is 5.75 Å². The zero-order valence-corrected chi connectivity index (χ0v) is 15.7. The molecule has 27 heavy (non-hydrogen) atoms.